The molecule has 160 valence electrons. The molecule has 6 heteroatoms. The fourth-order valence-corrected chi connectivity index (χ4v) is 4.21. The van der Waals surface area contributed by atoms with Crippen molar-refractivity contribution in [1.82, 2.24) is 20.2 Å². The van der Waals surface area contributed by atoms with Crippen molar-refractivity contribution >= 4 is 22.9 Å². The molecule has 2 heterocycles. The average molecular weight is 400 g/mol. The van der Waals surface area contributed by atoms with E-state index in [4.69, 9.17) is 0 Å². The van der Waals surface area contributed by atoms with Gasteiger partial charge in [0.25, 0.3) is 0 Å². The number of nitrogens with zero attached hydrogens (tertiary/aromatic N) is 3. The minimum Gasteiger partial charge on any atom is -0.355 e. The van der Waals surface area contributed by atoms with Crippen LogP contribution in [0.1, 0.15) is 40.5 Å². The van der Waals surface area contributed by atoms with E-state index in [1.54, 1.807) is 0 Å². The zero-order valence-electron chi connectivity index (χ0n) is 18.4. The Bertz CT molecular complexity index is 733. The maximum Gasteiger partial charge on any atom is 0.223 e. The molecular weight excluding hydrogens is 362 g/mol. The molecule has 1 aliphatic heterocycles. The van der Waals surface area contributed by atoms with Crippen LogP contribution in [0.15, 0.2) is 24.3 Å². The second-order valence-electron chi connectivity index (χ2n) is 9.18. The van der Waals surface area contributed by atoms with Gasteiger partial charge in [-0.25, -0.2) is 4.98 Å². The van der Waals surface area contributed by atoms with Crippen LogP contribution in [0.25, 0.3) is 11.0 Å². The monoisotopic (exact) mass is 399 g/mol. The van der Waals surface area contributed by atoms with Gasteiger partial charge in [0.05, 0.1) is 11.0 Å². The second-order valence-corrected chi connectivity index (χ2v) is 9.18. The number of aromatic amines is 1. The molecule has 0 radical (unpaired) electrons. The topological polar surface area (TPSA) is 64.3 Å². The summed E-state index contributed by atoms with van der Waals surface area (Å²) in [6, 6.07) is 8.10. The van der Waals surface area contributed by atoms with Gasteiger partial charge in [0.1, 0.15) is 0 Å². The summed E-state index contributed by atoms with van der Waals surface area (Å²) in [6.45, 7) is 14.6. The lowest BCUT2D eigenvalue weighted by molar-refractivity contribution is -0.125. The van der Waals surface area contributed by atoms with E-state index in [2.05, 4.69) is 52.8 Å². The Hall–Kier alpha value is -2.08. The number of hydrogen-bond acceptors (Lipinski definition) is 4. The van der Waals surface area contributed by atoms with Crippen LogP contribution in [0.3, 0.4) is 0 Å². The van der Waals surface area contributed by atoms with Crippen molar-refractivity contribution in [3.8, 4) is 0 Å². The number of imidazole rings is 1. The first-order chi connectivity index (χ1) is 13.9. The molecule has 6 nitrogen and oxygen atoms in total. The van der Waals surface area contributed by atoms with Gasteiger partial charge in [-0.3, -0.25) is 4.79 Å². The maximum atomic E-state index is 12.6. The number of hydrogen-bond donors (Lipinski definition) is 2. The van der Waals surface area contributed by atoms with Crippen LogP contribution in [0.2, 0.25) is 0 Å². The van der Waals surface area contributed by atoms with Crippen molar-refractivity contribution in [2.24, 2.45) is 17.8 Å². The van der Waals surface area contributed by atoms with Gasteiger partial charge in [-0.15, -0.1) is 0 Å². The third-order valence-corrected chi connectivity index (χ3v) is 5.52. The summed E-state index contributed by atoms with van der Waals surface area (Å²) in [6.07, 6.45) is 1.76. The van der Waals surface area contributed by atoms with E-state index in [0.29, 0.717) is 11.8 Å². The minimum absolute atomic E-state index is 0.110. The predicted octanol–water partition coefficient (Wildman–Crippen LogP) is 3.51. The van der Waals surface area contributed by atoms with Crippen molar-refractivity contribution in [1.29, 1.82) is 0 Å². The minimum atomic E-state index is 0.110. The smallest absolute Gasteiger partial charge is 0.223 e. The predicted molar refractivity (Wildman–Crippen MR) is 120 cm³/mol. The van der Waals surface area contributed by atoms with Gasteiger partial charge in [0.2, 0.25) is 11.9 Å². The molecule has 2 N–H and O–H groups in total. The highest BCUT2D eigenvalue weighted by Gasteiger charge is 2.26. The zero-order valence-corrected chi connectivity index (χ0v) is 18.4. The highest BCUT2D eigenvalue weighted by molar-refractivity contribution is 5.79. The number of rotatable bonds is 9. The van der Waals surface area contributed by atoms with Crippen LogP contribution in [0.5, 0.6) is 0 Å². The molecule has 0 aliphatic carbocycles. The van der Waals surface area contributed by atoms with E-state index in [9.17, 15) is 4.79 Å². The summed E-state index contributed by atoms with van der Waals surface area (Å²) < 4.78 is 0. The molecule has 1 amide bonds. The molecule has 29 heavy (non-hydrogen) atoms. The second kappa shape index (κ2) is 10.1. The van der Waals surface area contributed by atoms with E-state index in [0.717, 1.165) is 69.1 Å². The first-order valence-electron chi connectivity index (χ1n) is 11.1. The summed E-state index contributed by atoms with van der Waals surface area (Å²) >= 11 is 0. The third kappa shape index (κ3) is 6.20. The molecule has 0 saturated carbocycles. The lowest BCUT2D eigenvalue weighted by Gasteiger charge is -2.31. The quantitative estimate of drug-likeness (QED) is 0.677. The lowest BCUT2D eigenvalue weighted by Crippen LogP contribution is -2.43. The summed E-state index contributed by atoms with van der Waals surface area (Å²) in [5.74, 6) is 2.53. The van der Waals surface area contributed by atoms with Crippen molar-refractivity contribution in [2.45, 2.75) is 40.5 Å². The maximum absolute atomic E-state index is 12.6. The van der Waals surface area contributed by atoms with E-state index >= 15 is 0 Å². The fourth-order valence-electron chi connectivity index (χ4n) is 4.21. The number of aromatic nitrogens is 2. The van der Waals surface area contributed by atoms with Crippen LogP contribution < -0.4 is 10.2 Å². The van der Waals surface area contributed by atoms with E-state index in [1.807, 2.05) is 24.3 Å². The van der Waals surface area contributed by atoms with E-state index in [-0.39, 0.29) is 11.8 Å². The van der Waals surface area contributed by atoms with Crippen LogP contribution in [-0.2, 0) is 4.79 Å². The third-order valence-electron chi connectivity index (χ3n) is 5.52. The van der Waals surface area contributed by atoms with E-state index in [1.165, 1.54) is 0 Å². The Morgan fingerprint density at radius 3 is 2.45 bits per heavy atom. The Labute approximate surface area is 175 Å². The van der Waals surface area contributed by atoms with Gasteiger partial charge in [0.15, 0.2) is 0 Å². The Balaban J connectivity index is 1.43. The van der Waals surface area contributed by atoms with Crippen LogP contribution in [-0.4, -0.2) is 60.0 Å². The van der Waals surface area contributed by atoms with Gasteiger partial charge >= 0.3 is 0 Å². The summed E-state index contributed by atoms with van der Waals surface area (Å²) in [4.78, 5) is 25.5. The number of nitrogens with one attached hydrogen (secondary N) is 2. The molecule has 1 saturated heterocycles. The zero-order chi connectivity index (χ0) is 20.8. The van der Waals surface area contributed by atoms with Crippen molar-refractivity contribution in [3.05, 3.63) is 24.3 Å². The average Bonchev–Trinajstić information content (AvgIpc) is 3.11. The number of piperidine rings is 1. The number of benzene rings is 1. The van der Waals surface area contributed by atoms with Crippen molar-refractivity contribution in [3.63, 3.8) is 0 Å². The summed E-state index contributed by atoms with van der Waals surface area (Å²) in [7, 11) is 0. The highest BCUT2D eigenvalue weighted by atomic mass is 16.1. The molecule has 0 unspecified atom stereocenters. The first kappa shape index (κ1) is 21.6. The standard InChI is InChI=1S/C23H37N5O/c1-17(2)15-27(16-18(3)4)14-11-24-22(29)19-9-12-28(13-10-19)23-25-20-7-5-6-8-21(20)26-23/h5-8,17-19H,9-16H2,1-4H3,(H,24,29)(H,25,26). The SMILES string of the molecule is CC(C)CN(CCNC(=O)C1CCN(c2nc3ccccc3[nH]2)CC1)CC(C)C. The summed E-state index contributed by atoms with van der Waals surface area (Å²) in [5, 5.41) is 3.18. The van der Waals surface area contributed by atoms with Gasteiger partial charge in [0, 0.05) is 45.2 Å². The summed E-state index contributed by atoms with van der Waals surface area (Å²) in [5.41, 5.74) is 2.06. The first-order valence-corrected chi connectivity index (χ1v) is 11.1. The number of fused-ring (bicyclic) bond motifs is 1. The molecule has 0 spiro atoms. The number of anilines is 1. The Morgan fingerprint density at radius 2 is 1.83 bits per heavy atom. The van der Waals surface area contributed by atoms with Crippen molar-refractivity contribution < 1.29 is 4.79 Å². The Kier molecular flexibility index (Phi) is 7.53. The van der Waals surface area contributed by atoms with Crippen molar-refractivity contribution in [2.75, 3.05) is 44.2 Å². The number of carbonyl (C=O) groups is 1. The van der Waals surface area contributed by atoms with Gasteiger partial charge < -0.3 is 20.1 Å². The number of carbonyl (C=O) groups excluding carboxylic acids is 1. The molecule has 0 bridgehead atoms. The van der Waals surface area contributed by atoms with Crippen LogP contribution >= 0.6 is 0 Å². The lowest BCUT2D eigenvalue weighted by atomic mass is 9.96. The van der Waals surface area contributed by atoms with Crippen LogP contribution in [0.4, 0.5) is 5.95 Å². The van der Waals surface area contributed by atoms with Crippen LogP contribution in [0, 0.1) is 17.8 Å². The van der Waals surface area contributed by atoms with E-state index < -0.39 is 0 Å². The number of H-pyrrole nitrogens is 1. The highest BCUT2D eigenvalue weighted by Crippen LogP contribution is 2.23. The van der Waals surface area contributed by atoms with Gasteiger partial charge in [-0.05, 0) is 36.8 Å². The molecule has 0 atom stereocenters. The number of para-hydroxylation sites is 2. The molecule has 1 aromatic heterocycles. The van der Waals surface area contributed by atoms with Gasteiger partial charge in [-0.1, -0.05) is 39.8 Å². The fraction of sp³-hybridized carbons (Fsp3) is 0.652. The molecule has 3 rings (SSSR count). The normalized spacial score (nSPS) is 15.8. The molecule has 1 fully saturated rings. The Morgan fingerprint density at radius 1 is 1.17 bits per heavy atom. The molecule has 1 aliphatic rings. The largest absolute Gasteiger partial charge is 0.355 e. The molecule has 1 aromatic carbocycles. The molecule has 2 aromatic rings. The van der Waals surface area contributed by atoms with Gasteiger partial charge in [-0.2, -0.15) is 0 Å². The molecular formula is C23H37N5O. The number of amides is 1.